The van der Waals surface area contributed by atoms with Crippen LogP contribution in [0.5, 0.6) is 0 Å². The Balaban J connectivity index is 2.82. The molecule has 0 radical (unpaired) electrons. The van der Waals surface area contributed by atoms with E-state index < -0.39 is 0 Å². The zero-order chi connectivity index (χ0) is 7.84. The van der Waals surface area contributed by atoms with Crippen molar-refractivity contribution in [3.05, 3.63) is 29.1 Å². The minimum atomic E-state index is 1.04. The Morgan fingerprint density at radius 3 is 2.91 bits per heavy atom. The quantitative estimate of drug-likeness (QED) is 0.589. The summed E-state index contributed by atoms with van der Waals surface area (Å²) in [6, 6.07) is 8.45. The monoisotopic (exact) mass is 180 g/mol. The lowest BCUT2D eigenvalue weighted by molar-refractivity contribution is 1.54. The summed E-state index contributed by atoms with van der Waals surface area (Å²) >= 11 is 6.09. The smallest absolute Gasteiger partial charge is 0.0356 e. The molecule has 0 spiro atoms. The highest BCUT2D eigenvalue weighted by Gasteiger charge is 1.96. The highest BCUT2D eigenvalue weighted by molar-refractivity contribution is 7.80. The van der Waals surface area contributed by atoms with Gasteiger partial charge in [0.2, 0.25) is 0 Å². The van der Waals surface area contributed by atoms with E-state index in [0.29, 0.717) is 0 Å². The number of hydrogen-bond acceptors (Lipinski definition) is 2. The molecule has 56 valence electrons. The number of thiol groups is 1. The van der Waals surface area contributed by atoms with Gasteiger partial charge in [-0.3, -0.25) is 0 Å². The third-order valence-corrected chi connectivity index (χ3v) is 2.92. The van der Waals surface area contributed by atoms with E-state index in [-0.39, 0.29) is 0 Å². The second-order valence-corrected chi connectivity index (χ2v) is 4.38. The van der Waals surface area contributed by atoms with Crippen LogP contribution in [0.2, 0.25) is 0 Å². The molecule has 0 aliphatic rings. The van der Waals surface area contributed by atoms with Crippen LogP contribution in [0, 0.1) is 6.92 Å². The number of rotatable bonds is 0. The van der Waals surface area contributed by atoms with Gasteiger partial charge in [-0.15, -0.1) is 24.0 Å². The Morgan fingerprint density at radius 2 is 2.09 bits per heavy atom. The third-order valence-electron chi connectivity index (χ3n) is 1.63. The molecule has 0 aliphatic heterocycles. The molecule has 1 heterocycles. The van der Waals surface area contributed by atoms with Gasteiger partial charge in [0.15, 0.2) is 0 Å². The van der Waals surface area contributed by atoms with Gasteiger partial charge in [-0.1, -0.05) is 6.07 Å². The molecular formula is C9H8S2. The zero-order valence-corrected chi connectivity index (χ0v) is 7.88. The Morgan fingerprint density at radius 1 is 1.27 bits per heavy atom. The number of aryl methyl sites for hydroxylation is 1. The normalized spacial score (nSPS) is 10.7. The molecule has 0 saturated carbocycles. The largest absolute Gasteiger partial charge is 0.143 e. The minimum Gasteiger partial charge on any atom is -0.143 e. The van der Waals surface area contributed by atoms with Crippen molar-refractivity contribution in [1.82, 2.24) is 0 Å². The molecule has 0 nitrogen and oxygen atoms in total. The first-order valence-electron chi connectivity index (χ1n) is 3.45. The van der Waals surface area contributed by atoms with E-state index in [1.165, 1.54) is 15.0 Å². The molecule has 11 heavy (non-hydrogen) atoms. The summed E-state index contributed by atoms with van der Waals surface area (Å²) in [5, 5.41) is 1.32. The van der Waals surface area contributed by atoms with Gasteiger partial charge in [-0.2, -0.15) is 0 Å². The summed E-state index contributed by atoms with van der Waals surface area (Å²) in [7, 11) is 0. The summed E-state index contributed by atoms with van der Waals surface area (Å²) in [5.41, 5.74) is 0. The maximum Gasteiger partial charge on any atom is 0.0356 e. The molecule has 1 aromatic heterocycles. The van der Waals surface area contributed by atoms with Crippen LogP contribution in [0.3, 0.4) is 0 Å². The van der Waals surface area contributed by atoms with Crippen LogP contribution in [0.4, 0.5) is 0 Å². The zero-order valence-electron chi connectivity index (χ0n) is 6.16. The van der Waals surface area contributed by atoms with E-state index in [4.69, 9.17) is 0 Å². The van der Waals surface area contributed by atoms with Gasteiger partial charge in [0.05, 0.1) is 0 Å². The summed E-state index contributed by atoms with van der Waals surface area (Å²) in [6.07, 6.45) is 0. The van der Waals surface area contributed by atoms with E-state index in [1.54, 1.807) is 0 Å². The highest BCUT2D eigenvalue weighted by Crippen LogP contribution is 2.26. The lowest BCUT2D eigenvalue weighted by Crippen LogP contribution is -1.62. The van der Waals surface area contributed by atoms with Gasteiger partial charge in [-0.05, 0) is 30.5 Å². The Labute approximate surface area is 75.3 Å². The molecule has 2 aromatic rings. The number of benzene rings is 1. The average Bonchev–Trinajstić information content (AvgIpc) is 2.27. The maximum absolute atomic E-state index is 4.28. The first-order chi connectivity index (χ1) is 5.25. The van der Waals surface area contributed by atoms with Crippen LogP contribution in [0.25, 0.3) is 10.1 Å². The first kappa shape index (κ1) is 7.19. The lowest BCUT2D eigenvalue weighted by Gasteiger charge is -1.89. The molecule has 1 aromatic carbocycles. The Kier molecular flexibility index (Phi) is 1.66. The van der Waals surface area contributed by atoms with Crippen molar-refractivity contribution in [2.45, 2.75) is 11.8 Å². The predicted molar refractivity (Wildman–Crippen MR) is 53.8 cm³/mol. The van der Waals surface area contributed by atoms with Crippen LogP contribution in [0.1, 0.15) is 4.88 Å². The fourth-order valence-corrected chi connectivity index (χ4v) is 2.41. The van der Waals surface area contributed by atoms with Crippen LogP contribution in [0.15, 0.2) is 29.2 Å². The standard InChI is InChI=1S/C9H8S2/c1-6-4-7-2-3-8(10)5-9(7)11-6/h2-5,10H,1H3. The molecule has 0 unspecified atom stereocenters. The van der Waals surface area contributed by atoms with Gasteiger partial charge >= 0.3 is 0 Å². The van der Waals surface area contributed by atoms with E-state index in [2.05, 4.69) is 37.8 Å². The molecule has 0 fully saturated rings. The molecule has 0 saturated heterocycles. The highest BCUT2D eigenvalue weighted by atomic mass is 32.1. The molecule has 0 amide bonds. The fourth-order valence-electron chi connectivity index (χ4n) is 1.15. The Hall–Kier alpha value is -0.470. The van der Waals surface area contributed by atoms with Crippen LogP contribution >= 0.6 is 24.0 Å². The first-order valence-corrected chi connectivity index (χ1v) is 4.71. The average molecular weight is 180 g/mol. The third kappa shape index (κ3) is 1.28. The van der Waals surface area contributed by atoms with E-state index in [0.717, 1.165) is 4.90 Å². The van der Waals surface area contributed by atoms with Gasteiger partial charge in [0.25, 0.3) is 0 Å². The van der Waals surface area contributed by atoms with Crippen LogP contribution in [-0.4, -0.2) is 0 Å². The summed E-state index contributed by atoms with van der Waals surface area (Å²) in [6.45, 7) is 2.13. The van der Waals surface area contributed by atoms with Gasteiger partial charge in [0.1, 0.15) is 0 Å². The van der Waals surface area contributed by atoms with Crippen molar-refractivity contribution in [3.8, 4) is 0 Å². The van der Waals surface area contributed by atoms with Gasteiger partial charge < -0.3 is 0 Å². The van der Waals surface area contributed by atoms with E-state index in [9.17, 15) is 0 Å². The van der Waals surface area contributed by atoms with Crippen molar-refractivity contribution >= 4 is 34.1 Å². The van der Waals surface area contributed by atoms with Crippen LogP contribution in [-0.2, 0) is 0 Å². The van der Waals surface area contributed by atoms with Gasteiger partial charge in [0, 0.05) is 14.5 Å². The number of fused-ring (bicyclic) bond motifs is 1. The van der Waals surface area contributed by atoms with E-state index in [1.807, 2.05) is 17.4 Å². The Bertz CT molecular complexity index is 387. The summed E-state index contributed by atoms with van der Waals surface area (Å²) in [5.74, 6) is 0. The summed E-state index contributed by atoms with van der Waals surface area (Å²) < 4.78 is 1.33. The second kappa shape index (κ2) is 2.54. The molecule has 0 atom stereocenters. The SMILES string of the molecule is Cc1cc2ccc(S)cc2s1. The second-order valence-electron chi connectivity index (χ2n) is 2.58. The van der Waals surface area contributed by atoms with Crippen LogP contribution < -0.4 is 0 Å². The molecule has 0 aliphatic carbocycles. The van der Waals surface area contributed by atoms with Crippen molar-refractivity contribution in [2.75, 3.05) is 0 Å². The van der Waals surface area contributed by atoms with Crippen molar-refractivity contribution in [3.63, 3.8) is 0 Å². The molecular weight excluding hydrogens is 172 g/mol. The summed E-state index contributed by atoms with van der Waals surface area (Å²) in [4.78, 5) is 2.40. The number of hydrogen-bond donors (Lipinski definition) is 1. The topological polar surface area (TPSA) is 0 Å². The van der Waals surface area contributed by atoms with Crippen molar-refractivity contribution in [1.29, 1.82) is 0 Å². The fraction of sp³-hybridized carbons (Fsp3) is 0.111. The molecule has 0 N–H and O–H groups in total. The van der Waals surface area contributed by atoms with Crippen molar-refractivity contribution in [2.24, 2.45) is 0 Å². The molecule has 0 bridgehead atoms. The molecule has 2 rings (SSSR count). The predicted octanol–water partition coefficient (Wildman–Crippen LogP) is 3.50. The van der Waals surface area contributed by atoms with Crippen molar-refractivity contribution < 1.29 is 0 Å². The minimum absolute atomic E-state index is 1.04. The number of thiophene rings is 1. The molecule has 2 heteroatoms. The van der Waals surface area contributed by atoms with Gasteiger partial charge in [-0.25, -0.2) is 0 Å². The maximum atomic E-state index is 4.28. The lowest BCUT2D eigenvalue weighted by atomic mass is 10.2. The van der Waals surface area contributed by atoms with E-state index >= 15 is 0 Å².